The number of hydrogen-bond donors (Lipinski definition) is 1. The Hall–Kier alpha value is -4.18. The average molecular weight is 826 g/mol. The van der Waals surface area contributed by atoms with E-state index in [-0.39, 0.29) is 13.2 Å². The Labute approximate surface area is 330 Å². The lowest BCUT2D eigenvalue weighted by Gasteiger charge is -2.52. The number of rotatable bonds is 16. The monoisotopic (exact) mass is 825 g/mol. The second kappa shape index (κ2) is 20.0. The Morgan fingerprint density at radius 2 is 1.68 bits per heavy atom. The van der Waals surface area contributed by atoms with Crippen molar-refractivity contribution in [3.05, 3.63) is 46.3 Å². The molecule has 3 fully saturated rings. The van der Waals surface area contributed by atoms with Crippen LogP contribution in [0.1, 0.15) is 46.0 Å². The zero-order valence-corrected chi connectivity index (χ0v) is 34.1. The molecule has 12 atom stereocenters. The highest BCUT2D eigenvalue weighted by Gasteiger charge is 2.62. The molecule has 57 heavy (non-hydrogen) atoms. The second-order valence-corrected chi connectivity index (χ2v) is 20.5. The summed E-state index contributed by atoms with van der Waals surface area (Å²) >= 11 is 0. The third kappa shape index (κ3) is 12.2. The number of ether oxygens (including phenoxy) is 11. The van der Waals surface area contributed by atoms with E-state index in [2.05, 4.69) is 29.7 Å². The molecule has 0 spiro atoms. The van der Waals surface area contributed by atoms with Crippen molar-refractivity contribution in [3.63, 3.8) is 0 Å². The molecule has 1 unspecified atom stereocenters. The van der Waals surface area contributed by atoms with E-state index >= 15 is 0 Å². The molecule has 0 aromatic heterocycles. The van der Waals surface area contributed by atoms with Gasteiger partial charge in [0.05, 0.1) is 20.1 Å². The molecule has 0 bridgehead atoms. The number of benzene rings is 1. The Morgan fingerprint density at radius 1 is 1.00 bits per heavy atom. The number of nitrogens with zero attached hydrogens (tertiary/aromatic N) is 3. The third-order valence-electron chi connectivity index (χ3n) is 9.11. The summed E-state index contributed by atoms with van der Waals surface area (Å²) in [6, 6.07) is 7.98. The smallest absolute Gasteiger partial charge is 0.366 e. The first kappa shape index (κ1) is 45.5. The van der Waals surface area contributed by atoms with Crippen LogP contribution in [-0.2, 0) is 76.1 Å². The first-order valence-corrected chi connectivity index (χ1v) is 22.0. The minimum absolute atomic E-state index is 0.0663. The van der Waals surface area contributed by atoms with Crippen molar-refractivity contribution in [1.29, 1.82) is 0 Å². The number of aliphatic hydroxyl groups excluding tert-OH is 1. The standard InChI is InChI=1S/C36H51N3O17Si/c1-19(40)48-17-25(51-21(3)42)29(52-22(4)43)31-27(38-39-37)24(50-20(2)41)16-36(55-31,35(45)46-5)56-32-28(44)34(47-14-15-57(6,7)8)53-26-18-49-33(54-30(26)32)23-12-10-9-11-13-23/h9-13,24-34,44H,14-18H2,1-8H3/t24-,25+,26+,27+,28+,29+,30-,31+,32+,33?,34+,36-/m0/s1. The Balaban J connectivity index is 1.86. The average Bonchev–Trinajstić information content (AvgIpc) is 3.13. The fourth-order valence-corrected chi connectivity index (χ4v) is 7.33. The molecule has 3 aliphatic rings. The van der Waals surface area contributed by atoms with Crippen LogP contribution in [0.2, 0.25) is 25.7 Å². The SMILES string of the molecule is COC(=O)[C@@]1(O[C@@H]2[C@@H](O)[C@H](OCC[Si](C)(C)C)O[C@@H]3COC(c4ccccc4)O[C@H]23)C[C@H](OC(C)=O)[C@@H](N=[N+]=[N-])[C@H]([C@H](OC(C)=O)[C@@H](COC(C)=O)OC(C)=O)O1. The van der Waals surface area contributed by atoms with Gasteiger partial charge in [-0.05, 0) is 11.6 Å². The maximum absolute atomic E-state index is 14.1. The van der Waals surface area contributed by atoms with Gasteiger partial charge in [0, 0.05) is 52.9 Å². The van der Waals surface area contributed by atoms with Gasteiger partial charge in [0.2, 0.25) is 0 Å². The normalized spacial score (nSPS) is 30.9. The van der Waals surface area contributed by atoms with Gasteiger partial charge in [-0.25, -0.2) is 4.79 Å². The lowest BCUT2D eigenvalue weighted by atomic mass is 9.88. The van der Waals surface area contributed by atoms with E-state index in [1.165, 1.54) is 0 Å². The number of carbonyl (C=O) groups excluding carboxylic acids is 5. The minimum atomic E-state index is -2.68. The van der Waals surface area contributed by atoms with Gasteiger partial charge in [-0.1, -0.05) is 55.1 Å². The van der Waals surface area contributed by atoms with E-state index in [9.17, 15) is 34.6 Å². The predicted octanol–water partition coefficient (Wildman–Crippen LogP) is 2.62. The summed E-state index contributed by atoms with van der Waals surface area (Å²) in [6.45, 7) is 10.0. The van der Waals surface area contributed by atoms with E-state index < -0.39 is 124 Å². The van der Waals surface area contributed by atoms with Crippen LogP contribution in [0.3, 0.4) is 0 Å². The summed E-state index contributed by atoms with van der Waals surface area (Å²) in [5.41, 5.74) is 10.3. The molecule has 0 amide bonds. The molecule has 0 radical (unpaired) electrons. The number of methoxy groups -OCH3 is 1. The lowest BCUT2D eigenvalue weighted by Crippen LogP contribution is -2.69. The van der Waals surface area contributed by atoms with E-state index in [4.69, 9.17) is 52.1 Å². The number of carbonyl (C=O) groups is 5. The highest BCUT2D eigenvalue weighted by Crippen LogP contribution is 2.43. The predicted molar refractivity (Wildman–Crippen MR) is 194 cm³/mol. The highest BCUT2D eigenvalue weighted by molar-refractivity contribution is 6.76. The lowest BCUT2D eigenvalue weighted by molar-refractivity contribution is -0.398. The third-order valence-corrected chi connectivity index (χ3v) is 10.8. The van der Waals surface area contributed by atoms with Gasteiger partial charge in [0.15, 0.2) is 24.8 Å². The van der Waals surface area contributed by atoms with Crippen LogP contribution >= 0.6 is 0 Å². The van der Waals surface area contributed by atoms with Gasteiger partial charge < -0.3 is 57.2 Å². The fraction of sp³-hybridized carbons (Fsp3) is 0.694. The molecule has 20 nitrogen and oxygen atoms in total. The summed E-state index contributed by atoms with van der Waals surface area (Å²) in [6.07, 6.45) is -15.2. The molecule has 21 heteroatoms. The van der Waals surface area contributed by atoms with E-state index in [0.29, 0.717) is 11.6 Å². The number of esters is 5. The zero-order chi connectivity index (χ0) is 42.1. The van der Waals surface area contributed by atoms with Gasteiger partial charge in [0.25, 0.3) is 5.79 Å². The zero-order valence-electron chi connectivity index (χ0n) is 33.1. The molecule has 316 valence electrons. The summed E-state index contributed by atoms with van der Waals surface area (Å²) in [4.78, 5) is 66.4. The molecule has 1 aromatic rings. The summed E-state index contributed by atoms with van der Waals surface area (Å²) in [7, 11) is -0.607. The van der Waals surface area contributed by atoms with Gasteiger partial charge >= 0.3 is 29.8 Å². The quantitative estimate of drug-likeness (QED) is 0.0627. The Morgan fingerprint density at radius 3 is 2.26 bits per heavy atom. The molecule has 3 heterocycles. The Kier molecular flexibility index (Phi) is 16.0. The molecular formula is C36H51N3O17Si. The molecule has 1 aromatic carbocycles. The first-order valence-electron chi connectivity index (χ1n) is 18.3. The molecule has 4 rings (SSSR count). The maximum atomic E-state index is 14.1. The van der Waals surface area contributed by atoms with Crippen molar-refractivity contribution in [2.45, 2.75) is 133 Å². The van der Waals surface area contributed by atoms with E-state index in [0.717, 1.165) is 34.8 Å². The van der Waals surface area contributed by atoms with Crippen LogP contribution in [-0.4, -0.2) is 137 Å². The number of hydrogen-bond acceptors (Lipinski definition) is 18. The van der Waals surface area contributed by atoms with Gasteiger partial charge in [0.1, 0.15) is 49.3 Å². The number of azide groups is 1. The fourth-order valence-electron chi connectivity index (χ4n) is 6.60. The van der Waals surface area contributed by atoms with Gasteiger partial charge in [-0.2, -0.15) is 0 Å². The molecule has 1 N–H and O–H groups in total. The van der Waals surface area contributed by atoms with Crippen molar-refractivity contribution in [1.82, 2.24) is 0 Å². The Bertz CT molecular complexity index is 1620. The number of fused-ring (bicyclic) bond motifs is 1. The van der Waals surface area contributed by atoms with E-state index in [1.54, 1.807) is 30.3 Å². The largest absolute Gasteiger partial charge is 0.465 e. The number of aliphatic hydroxyl groups is 1. The van der Waals surface area contributed by atoms with Crippen molar-refractivity contribution >= 4 is 37.9 Å². The second-order valence-electron chi connectivity index (χ2n) is 14.9. The maximum Gasteiger partial charge on any atom is 0.366 e. The first-order chi connectivity index (χ1) is 26.9. The van der Waals surface area contributed by atoms with Crippen LogP contribution in [0.5, 0.6) is 0 Å². The molecule has 0 aliphatic carbocycles. The van der Waals surface area contributed by atoms with Gasteiger partial charge in [-0.3, -0.25) is 19.2 Å². The van der Waals surface area contributed by atoms with Crippen molar-refractivity contribution in [2.75, 3.05) is 26.9 Å². The molecule has 3 aliphatic heterocycles. The summed E-state index contributed by atoms with van der Waals surface area (Å²) < 4.78 is 64.4. The van der Waals surface area contributed by atoms with Gasteiger partial charge in [-0.15, -0.1) is 0 Å². The van der Waals surface area contributed by atoms with E-state index in [1.807, 2.05) is 0 Å². The van der Waals surface area contributed by atoms with Crippen LogP contribution in [0.4, 0.5) is 0 Å². The van der Waals surface area contributed by atoms with Crippen LogP contribution in [0.15, 0.2) is 35.4 Å². The van der Waals surface area contributed by atoms with Crippen molar-refractivity contribution in [2.24, 2.45) is 5.11 Å². The van der Waals surface area contributed by atoms with Crippen molar-refractivity contribution in [3.8, 4) is 0 Å². The topological polar surface area (TPSA) is 256 Å². The van der Waals surface area contributed by atoms with Crippen LogP contribution < -0.4 is 0 Å². The highest BCUT2D eigenvalue weighted by atomic mass is 28.3. The molecule has 0 saturated carbocycles. The molecular weight excluding hydrogens is 774 g/mol. The van der Waals surface area contributed by atoms with Crippen LogP contribution in [0.25, 0.3) is 10.4 Å². The molecule has 3 saturated heterocycles. The van der Waals surface area contributed by atoms with Crippen molar-refractivity contribution < 1.29 is 81.2 Å². The van der Waals surface area contributed by atoms with Crippen LogP contribution in [0, 0.1) is 0 Å². The summed E-state index contributed by atoms with van der Waals surface area (Å²) in [5.74, 6) is -7.47. The minimum Gasteiger partial charge on any atom is -0.465 e. The summed E-state index contributed by atoms with van der Waals surface area (Å²) in [5, 5.41) is 15.8.